The minimum absolute atomic E-state index is 0.0913. The van der Waals surface area contributed by atoms with Gasteiger partial charge < -0.3 is 29.7 Å². The van der Waals surface area contributed by atoms with E-state index in [1.165, 1.54) is 11.4 Å². The lowest BCUT2D eigenvalue weighted by molar-refractivity contribution is -0.116. The van der Waals surface area contributed by atoms with Crippen LogP contribution in [0.4, 0.5) is 5.69 Å². The first kappa shape index (κ1) is 37.4. The summed E-state index contributed by atoms with van der Waals surface area (Å²) in [5, 5.41) is 13.1. The van der Waals surface area contributed by atoms with Crippen molar-refractivity contribution < 1.29 is 32.6 Å². The summed E-state index contributed by atoms with van der Waals surface area (Å²) in [4.78, 5) is 30.7. The van der Waals surface area contributed by atoms with Gasteiger partial charge in [-0.1, -0.05) is 25.1 Å². The smallest absolute Gasteiger partial charge is 0.258 e. The van der Waals surface area contributed by atoms with E-state index in [0.717, 1.165) is 25.8 Å². The SMILES string of the molecule is C[C@H](CO)N1C[C@H](C)[C@@H](CN(C)S(=O)(=O)c2ccccc2)OCCCC[C@H](C)Oc2ccc(NC(=O)CCCN(C)C)cc2C1=O. The number of aliphatic hydroxyl groups is 1. The molecule has 0 aliphatic carbocycles. The molecule has 0 fully saturated rings. The molecule has 1 aliphatic rings. The Balaban J connectivity index is 1.92. The van der Waals surface area contributed by atoms with Gasteiger partial charge in [0.2, 0.25) is 15.9 Å². The molecule has 1 heterocycles. The highest BCUT2D eigenvalue weighted by atomic mass is 32.2. The first-order valence-corrected chi connectivity index (χ1v) is 17.6. The number of fused-ring (bicyclic) bond motifs is 1. The van der Waals surface area contributed by atoms with Crippen LogP contribution in [-0.2, 0) is 19.6 Å². The molecule has 0 saturated heterocycles. The van der Waals surface area contributed by atoms with Crippen LogP contribution in [0.1, 0.15) is 63.2 Å². The quantitative estimate of drug-likeness (QED) is 0.369. The highest BCUT2D eigenvalue weighted by Gasteiger charge is 2.32. The van der Waals surface area contributed by atoms with Crippen LogP contribution in [0.15, 0.2) is 53.4 Å². The zero-order valence-electron chi connectivity index (χ0n) is 28.1. The number of anilines is 1. The Bertz CT molecular complexity index is 1370. The van der Waals surface area contributed by atoms with Gasteiger partial charge >= 0.3 is 0 Å². The van der Waals surface area contributed by atoms with Gasteiger partial charge in [-0.25, -0.2) is 8.42 Å². The molecule has 46 heavy (non-hydrogen) atoms. The van der Waals surface area contributed by atoms with Crippen LogP contribution in [0.3, 0.4) is 0 Å². The number of rotatable bonds is 11. The third-order valence-corrected chi connectivity index (χ3v) is 10.1. The number of amides is 2. The Morgan fingerprint density at radius 1 is 1.11 bits per heavy atom. The molecule has 2 aromatic carbocycles. The fourth-order valence-corrected chi connectivity index (χ4v) is 6.57. The predicted octanol–water partition coefficient (Wildman–Crippen LogP) is 4.08. The Kier molecular flexibility index (Phi) is 14.5. The van der Waals surface area contributed by atoms with Gasteiger partial charge in [-0.3, -0.25) is 9.59 Å². The van der Waals surface area contributed by atoms with Gasteiger partial charge in [0, 0.05) is 44.8 Å². The van der Waals surface area contributed by atoms with E-state index in [1.54, 1.807) is 60.4 Å². The molecule has 2 aromatic rings. The average molecular weight is 661 g/mol. The van der Waals surface area contributed by atoms with E-state index >= 15 is 0 Å². The van der Waals surface area contributed by atoms with Crippen molar-refractivity contribution in [2.45, 2.75) is 76.0 Å². The molecule has 0 spiro atoms. The molecule has 0 unspecified atom stereocenters. The Hall–Kier alpha value is -3.03. The maximum Gasteiger partial charge on any atom is 0.258 e. The number of benzene rings is 2. The molecule has 0 aromatic heterocycles. The zero-order valence-corrected chi connectivity index (χ0v) is 29.0. The van der Waals surface area contributed by atoms with Gasteiger partial charge in [0.1, 0.15) is 5.75 Å². The van der Waals surface area contributed by atoms with Crippen LogP contribution in [0, 0.1) is 5.92 Å². The third kappa shape index (κ3) is 10.8. The third-order valence-electron chi connectivity index (χ3n) is 8.23. The Morgan fingerprint density at radius 3 is 2.50 bits per heavy atom. The van der Waals surface area contributed by atoms with Crippen molar-refractivity contribution in [2.75, 3.05) is 59.3 Å². The van der Waals surface area contributed by atoms with Gasteiger partial charge in [0.15, 0.2) is 0 Å². The number of hydrogen-bond donors (Lipinski definition) is 2. The highest BCUT2D eigenvalue weighted by molar-refractivity contribution is 7.89. The first-order chi connectivity index (χ1) is 21.8. The fourth-order valence-electron chi connectivity index (χ4n) is 5.37. The molecule has 4 atom stereocenters. The molecule has 3 rings (SSSR count). The maximum absolute atomic E-state index is 14.3. The van der Waals surface area contributed by atoms with E-state index in [2.05, 4.69) is 5.32 Å². The molecule has 0 radical (unpaired) electrons. The average Bonchev–Trinajstić information content (AvgIpc) is 3.02. The van der Waals surface area contributed by atoms with Crippen molar-refractivity contribution in [1.82, 2.24) is 14.1 Å². The van der Waals surface area contributed by atoms with Crippen LogP contribution in [0.2, 0.25) is 0 Å². The standard InChI is InChI=1S/C34H52N4O7S/c1-25-22-38(26(2)24-39)34(41)30-21-28(35-33(40)16-12-19-36(4)5)17-18-31(30)45-27(3)13-10-11-20-44-32(25)23-37(6)46(42,43)29-14-8-7-9-15-29/h7-9,14-15,17-18,21,25-27,32,39H,10-13,16,19-20,22-24H2,1-6H3,(H,35,40)/t25-,26+,27-,32+/m0/s1. The second-order valence-corrected chi connectivity index (χ2v) is 14.6. The van der Waals surface area contributed by atoms with E-state index in [0.29, 0.717) is 30.9 Å². The van der Waals surface area contributed by atoms with Gasteiger partial charge in [-0.05, 0) is 90.5 Å². The fraction of sp³-hybridized carbons (Fsp3) is 0.588. The van der Waals surface area contributed by atoms with Crippen molar-refractivity contribution in [3.05, 3.63) is 54.1 Å². The number of sulfonamides is 1. The summed E-state index contributed by atoms with van der Waals surface area (Å²) in [7, 11) is 1.69. The first-order valence-electron chi connectivity index (χ1n) is 16.1. The zero-order chi connectivity index (χ0) is 33.9. The minimum atomic E-state index is -3.76. The molecule has 1 aliphatic heterocycles. The molecular weight excluding hydrogens is 608 g/mol. The summed E-state index contributed by atoms with van der Waals surface area (Å²) < 4.78 is 40.6. The number of carbonyl (C=O) groups excluding carboxylic acids is 2. The summed E-state index contributed by atoms with van der Waals surface area (Å²) in [6, 6.07) is 12.8. The van der Waals surface area contributed by atoms with Crippen molar-refractivity contribution in [3.63, 3.8) is 0 Å². The normalized spacial score (nSPS) is 20.9. The van der Waals surface area contributed by atoms with Crippen LogP contribution < -0.4 is 10.1 Å². The van der Waals surface area contributed by atoms with Gasteiger partial charge in [0.05, 0.1) is 35.3 Å². The van der Waals surface area contributed by atoms with Crippen LogP contribution in [0.5, 0.6) is 5.75 Å². The second kappa shape index (κ2) is 17.8. The monoisotopic (exact) mass is 660 g/mol. The summed E-state index contributed by atoms with van der Waals surface area (Å²) >= 11 is 0. The van der Waals surface area contributed by atoms with Crippen molar-refractivity contribution in [2.24, 2.45) is 5.92 Å². The number of carbonyl (C=O) groups is 2. The van der Waals surface area contributed by atoms with Gasteiger partial charge in [-0.15, -0.1) is 0 Å². The van der Waals surface area contributed by atoms with Crippen molar-refractivity contribution >= 4 is 27.5 Å². The molecule has 2 amide bonds. The Morgan fingerprint density at radius 2 is 1.83 bits per heavy atom. The lowest BCUT2D eigenvalue weighted by Crippen LogP contribution is -2.48. The molecular formula is C34H52N4O7S. The maximum atomic E-state index is 14.3. The molecule has 2 N–H and O–H groups in total. The van der Waals surface area contributed by atoms with E-state index in [4.69, 9.17) is 9.47 Å². The molecule has 12 heteroatoms. The molecule has 0 saturated carbocycles. The number of ether oxygens (including phenoxy) is 2. The topological polar surface area (TPSA) is 129 Å². The summed E-state index contributed by atoms with van der Waals surface area (Å²) in [6.07, 6.45) is 2.63. The molecule has 0 bridgehead atoms. The number of nitrogens with one attached hydrogen (secondary N) is 1. The van der Waals surface area contributed by atoms with Crippen LogP contribution in [-0.4, -0.2) is 112 Å². The summed E-state index contributed by atoms with van der Waals surface area (Å²) in [5.41, 5.74) is 0.765. The number of aliphatic hydroxyl groups excluding tert-OH is 1. The summed E-state index contributed by atoms with van der Waals surface area (Å²) in [6.45, 7) is 6.85. The van der Waals surface area contributed by atoms with Crippen LogP contribution in [0.25, 0.3) is 0 Å². The predicted molar refractivity (Wildman–Crippen MR) is 180 cm³/mol. The van der Waals surface area contributed by atoms with E-state index in [-0.39, 0.29) is 54.0 Å². The van der Waals surface area contributed by atoms with Gasteiger partial charge in [-0.2, -0.15) is 4.31 Å². The largest absolute Gasteiger partial charge is 0.490 e. The number of hydrogen-bond acceptors (Lipinski definition) is 8. The second-order valence-electron chi connectivity index (χ2n) is 12.6. The van der Waals surface area contributed by atoms with Crippen molar-refractivity contribution in [3.8, 4) is 5.75 Å². The number of likely N-dealkylation sites (N-methyl/N-ethyl adjacent to an activating group) is 1. The van der Waals surface area contributed by atoms with E-state index < -0.39 is 22.2 Å². The highest BCUT2D eigenvalue weighted by Crippen LogP contribution is 2.29. The Labute approximate surface area is 274 Å². The summed E-state index contributed by atoms with van der Waals surface area (Å²) in [5.74, 6) is -0.393. The van der Waals surface area contributed by atoms with Gasteiger partial charge in [0.25, 0.3) is 5.91 Å². The lowest BCUT2D eigenvalue weighted by Gasteiger charge is -2.35. The molecule has 11 nitrogen and oxygen atoms in total. The number of nitrogens with zero attached hydrogens (tertiary/aromatic N) is 3. The van der Waals surface area contributed by atoms with Crippen LogP contribution >= 0.6 is 0 Å². The minimum Gasteiger partial charge on any atom is -0.490 e. The van der Waals surface area contributed by atoms with E-state index in [1.807, 2.05) is 32.8 Å². The molecule has 256 valence electrons. The lowest BCUT2D eigenvalue weighted by atomic mass is 10.0. The van der Waals surface area contributed by atoms with E-state index in [9.17, 15) is 23.1 Å². The van der Waals surface area contributed by atoms with Crippen molar-refractivity contribution in [1.29, 1.82) is 0 Å².